The van der Waals surface area contributed by atoms with E-state index in [0.29, 0.717) is 23.4 Å². The van der Waals surface area contributed by atoms with Crippen molar-refractivity contribution in [1.29, 1.82) is 0 Å². The van der Waals surface area contributed by atoms with E-state index < -0.39 is 5.97 Å². The number of furan rings is 1. The average Bonchev–Trinajstić information content (AvgIpc) is 2.63. The van der Waals surface area contributed by atoms with Crippen molar-refractivity contribution in [3.63, 3.8) is 0 Å². The Hall–Kier alpha value is -1.30. The minimum absolute atomic E-state index is 0.0197. The van der Waals surface area contributed by atoms with Crippen LogP contribution in [-0.4, -0.2) is 28.9 Å². The lowest BCUT2D eigenvalue weighted by Crippen LogP contribution is -2.25. The molecule has 0 spiro atoms. The van der Waals surface area contributed by atoms with Gasteiger partial charge in [0.1, 0.15) is 5.76 Å². The minimum Gasteiger partial charge on any atom is -0.481 e. The summed E-state index contributed by atoms with van der Waals surface area (Å²) in [6.07, 6.45) is 0.622. The summed E-state index contributed by atoms with van der Waals surface area (Å²) in [5.74, 6) is -0.278. The van der Waals surface area contributed by atoms with Crippen LogP contribution in [-0.2, 0) is 16.1 Å². The number of halogens is 1. The molecule has 0 radical (unpaired) electrons. The van der Waals surface area contributed by atoms with Crippen molar-refractivity contribution in [2.75, 3.05) is 7.05 Å². The Bertz CT molecular complexity index is 402. The predicted octanol–water partition coefficient (Wildman–Crippen LogP) is 2.26. The molecule has 0 saturated carbocycles. The molecule has 0 aromatic carbocycles. The third kappa shape index (κ3) is 5.04. The van der Waals surface area contributed by atoms with Crippen molar-refractivity contribution in [2.45, 2.75) is 25.8 Å². The van der Waals surface area contributed by atoms with Gasteiger partial charge in [0.2, 0.25) is 5.91 Å². The van der Waals surface area contributed by atoms with Crippen LogP contribution in [0, 0.1) is 0 Å². The quantitative estimate of drug-likeness (QED) is 0.875. The highest BCUT2D eigenvalue weighted by Gasteiger charge is 2.11. The van der Waals surface area contributed by atoms with Gasteiger partial charge in [-0.3, -0.25) is 9.59 Å². The lowest BCUT2D eigenvalue weighted by Gasteiger charge is -2.15. The summed E-state index contributed by atoms with van der Waals surface area (Å²) in [5.41, 5.74) is 0. The van der Waals surface area contributed by atoms with Crippen LogP contribution in [0.4, 0.5) is 0 Å². The van der Waals surface area contributed by atoms with E-state index in [0.717, 1.165) is 0 Å². The first-order valence-corrected chi connectivity index (χ1v) is 5.98. The van der Waals surface area contributed by atoms with Crippen LogP contribution >= 0.6 is 15.9 Å². The largest absolute Gasteiger partial charge is 0.481 e. The first-order chi connectivity index (χ1) is 7.99. The second-order valence-electron chi connectivity index (χ2n) is 3.70. The molecule has 94 valence electrons. The van der Waals surface area contributed by atoms with Crippen molar-refractivity contribution >= 4 is 27.8 Å². The van der Waals surface area contributed by atoms with Gasteiger partial charge < -0.3 is 14.4 Å². The van der Waals surface area contributed by atoms with Gasteiger partial charge in [-0.15, -0.1) is 0 Å². The Morgan fingerprint density at radius 2 is 2.12 bits per heavy atom. The van der Waals surface area contributed by atoms with E-state index in [1.807, 2.05) is 0 Å². The van der Waals surface area contributed by atoms with Gasteiger partial charge in [0.15, 0.2) is 4.67 Å². The summed E-state index contributed by atoms with van der Waals surface area (Å²) in [6.45, 7) is 0.386. The number of rotatable bonds is 6. The van der Waals surface area contributed by atoms with Crippen LogP contribution in [0.25, 0.3) is 0 Å². The Labute approximate surface area is 108 Å². The smallest absolute Gasteiger partial charge is 0.303 e. The van der Waals surface area contributed by atoms with Crippen LogP contribution < -0.4 is 0 Å². The highest BCUT2D eigenvalue weighted by atomic mass is 79.9. The number of hydrogen-bond acceptors (Lipinski definition) is 3. The maximum Gasteiger partial charge on any atom is 0.303 e. The Balaban J connectivity index is 2.34. The second kappa shape index (κ2) is 6.44. The van der Waals surface area contributed by atoms with Crippen LogP contribution in [0.15, 0.2) is 21.2 Å². The summed E-state index contributed by atoms with van der Waals surface area (Å²) in [5, 5.41) is 8.46. The van der Waals surface area contributed by atoms with Crippen LogP contribution in [0.1, 0.15) is 25.0 Å². The molecule has 1 rings (SSSR count). The number of amides is 1. The zero-order valence-corrected chi connectivity index (χ0v) is 11.1. The van der Waals surface area contributed by atoms with Crippen LogP contribution in [0.2, 0.25) is 0 Å². The molecular formula is C11H14BrNO4. The molecule has 0 aliphatic carbocycles. The molecule has 0 aliphatic heterocycles. The maximum atomic E-state index is 11.6. The fraction of sp³-hybridized carbons (Fsp3) is 0.455. The van der Waals surface area contributed by atoms with Gasteiger partial charge >= 0.3 is 5.97 Å². The zero-order valence-electron chi connectivity index (χ0n) is 9.48. The molecule has 0 atom stereocenters. The van der Waals surface area contributed by atoms with Crippen molar-refractivity contribution in [3.05, 3.63) is 22.6 Å². The average molecular weight is 304 g/mol. The van der Waals surface area contributed by atoms with Gasteiger partial charge in [-0.25, -0.2) is 0 Å². The van der Waals surface area contributed by atoms with E-state index in [2.05, 4.69) is 15.9 Å². The molecular weight excluding hydrogens is 290 g/mol. The van der Waals surface area contributed by atoms with E-state index in [1.54, 1.807) is 19.2 Å². The van der Waals surface area contributed by atoms with Crippen molar-refractivity contribution in [1.82, 2.24) is 4.90 Å². The minimum atomic E-state index is -0.879. The van der Waals surface area contributed by atoms with Crippen molar-refractivity contribution in [2.24, 2.45) is 0 Å². The zero-order chi connectivity index (χ0) is 12.8. The van der Waals surface area contributed by atoms with Gasteiger partial charge in [-0.2, -0.15) is 0 Å². The number of carbonyl (C=O) groups excluding carboxylic acids is 1. The topological polar surface area (TPSA) is 70.8 Å². The summed E-state index contributed by atoms with van der Waals surface area (Å²) in [7, 11) is 1.67. The standard InChI is InChI=1S/C11H14BrNO4/c1-13(7-8-5-6-9(12)17-8)10(14)3-2-4-11(15)16/h5-6H,2-4,7H2,1H3,(H,15,16). The normalized spacial score (nSPS) is 10.2. The molecule has 5 nitrogen and oxygen atoms in total. The van der Waals surface area contributed by atoms with Crippen LogP contribution in [0.5, 0.6) is 0 Å². The lowest BCUT2D eigenvalue weighted by molar-refractivity contribution is -0.137. The summed E-state index contributed by atoms with van der Waals surface area (Å²) in [6, 6.07) is 3.54. The lowest BCUT2D eigenvalue weighted by atomic mass is 10.2. The number of carbonyl (C=O) groups is 2. The molecule has 0 bridgehead atoms. The van der Waals surface area contributed by atoms with Gasteiger partial charge in [0.25, 0.3) is 0 Å². The number of carboxylic acids is 1. The first-order valence-electron chi connectivity index (χ1n) is 5.19. The maximum absolute atomic E-state index is 11.6. The molecule has 1 aromatic rings. The fourth-order valence-electron chi connectivity index (χ4n) is 1.34. The fourth-order valence-corrected chi connectivity index (χ4v) is 1.68. The van der Waals surface area contributed by atoms with Gasteiger partial charge in [0, 0.05) is 19.9 Å². The highest BCUT2D eigenvalue weighted by Crippen LogP contribution is 2.15. The molecule has 17 heavy (non-hydrogen) atoms. The van der Waals surface area contributed by atoms with E-state index in [-0.39, 0.29) is 18.7 Å². The Kier molecular flexibility index (Phi) is 5.21. The molecule has 0 fully saturated rings. The number of carboxylic acid groups (broad SMARTS) is 1. The number of aliphatic carboxylic acids is 1. The molecule has 6 heteroatoms. The third-order valence-electron chi connectivity index (χ3n) is 2.23. The summed E-state index contributed by atoms with van der Waals surface area (Å²) < 4.78 is 5.90. The van der Waals surface area contributed by atoms with E-state index in [4.69, 9.17) is 9.52 Å². The van der Waals surface area contributed by atoms with Crippen LogP contribution in [0.3, 0.4) is 0 Å². The van der Waals surface area contributed by atoms with Crippen molar-refractivity contribution < 1.29 is 19.1 Å². The number of hydrogen-bond donors (Lipinski definition) is 1. The highest BCUT2D eigenvalue weighted by molar-refractivity contribution is 9.10. The molecule has 1 aromatic heterocycles. The van der Waals surface area contributed by atoms with Gasteiger partial charge in [-0.1, -0.05) is 0 Å². The predicted molar refractivity (Wildman–Crippen MR) is 64.4 cm³/mol. The van der Waals surface area contributed by atoms with Gasteiger partial charge in [-0.05, 0) is 34.5 Å². The van der Waals surface area contributed by atoms with E-state index >= 15 is 0 Å². The molecule has 0 unspecified atom stereocenters. The SMILES string of the molecule is CN(Cc1ccc(Br)o1)C(=O)CCCC(=O)O. The molecule has 1 amide bonds. The Morgan fingerprint density at radius 3 is 2.65 bits per heavy atom. The second-order valence-corrected chi connectivity index (χ2v) is 4.48. The molecule has 0 aliphatic rings. The summed E-state index contributed by atoms with van der Waals surface area (Å²) in [4.78, 5) is 23.4. The molecule has 0 saturated heterocycles. The summed E-state index contributed by atoms with van der Waals surface area (Å²) >= 11 is 3.18. The molecule has 1 N–H and O–H groups in total. The van der Waals surface area contributed by atoms with Gasteiger partial charge in [0.05, 0.1) is 6.54 Å². The third-order valence-corrected chi connectivity index (χ3v) is 2.66. The number of nitrogens with zero attached hydrogens (tertiary/aromatic N) is 1. The Morgan fingerprint density at radius 1 is 1.41 bits per heavy atom. The molecule has 1 heterocycles. The van der Waals surface area contributed by atoms with E-state index in [1.165, 1.54) is 4.90 Å². The van der Waals surface area contributed by atoms with E-state index in [9.17, 15) is 9.59 Å². The van der Waals surface area contributed by atoms with Crippen molar-refractivity contribution in [3.8, 4) is 0 Å². The monoisotopic (exact) mass is 303 g/mol. The first kappa shape index (κ1) is 13.8.